The number of alkyl halides is 3. The van der Waals surface area contributed by atoms with Gasteiger partial charge in [-0.15, -0.1) is 0 Å². The monoisotopic (exact) mass is 374 g/mol. The van der Waals surface area contributed by atoms with Gasteiger partial charge < -0.3 is 20.1 Å². The van der Waals surface area contributed by atoms with Crippen molar-refractivity contribution in [3.8, 4) is 11.5 Å². The summed E-state index contributed by atoms with van der Waals surface area (Å²) in [6, 6.07) is 7.22. The van der Waals surface area contributed by atoms with Crippen molar-refractivity contribution in [3.05, 3.63) is 24.3 Å². The highest BCUT2D eigenvalue weighted by Crippen LogP contribution is 2.20. The number of benzene rings is 1. The van der Waals surface area contributed by atoms with Gasteiger partial charge in [-0.05, 0) is 30.7 Å². The van der Waals surface area contributed by atoms with Gasteiger partial charge in [-0.25, -0.2) is 0 Å². The molecule has 1 aliphatic rings. The van der Waals surface area contributed by atoms with Crippen LogP contribution in [-0.2, 0) is 0 Å². The molecule has 1 aromatic rings. The molecule has 1 saturated heterocycles. The Balaban J connectivity index is 1.66. The molecule has 0 aliphatic carbocycles. The third kappa shape index (κ3) is 6.99. The van der Waals surface area contributed by atoms with E-state index in [4.69, 9.17) is 9.47 Å². The predicted molar refractivity (Wildman–Crippen MR) is 93.9 cm³/mol. The van der Waals surface area contributed by atoms with E-state index < -0.39 is 12.7 Å². The second-order valence-corrected chi connectivity index (χ2v) is 6.00. The van der Waals surface area contributed by atoms with Crippen LogP contribution in [0.5, 0.6) is 11.5 Å². The number of methoxy groups -OCH3 is 1. The van der Waals surface area contributed by atoms with E-state index in [9.17, 15) is 13.2 Å². The molecule has 2 rings (SSSR count). The first-order chi connectivity index (χ1) is 12.4. The number of likely N-dealkylation sites (tertiary alicyclic amines) is 1. The van der Waals surface area contributed by atoms with Crippen molar-refractivity contribution >= 4 is 5.96 Å². The van der Waals surface area contributed by atoms with Crippen LogP contribution in [0.3, 0.4) is 0 Å². The molecule has 1 heterocycles. The Bertz CT molecular complexity index is 578. The zero-order valence-electron chi connectivity index (χ0n) is 15.0. The van der Waals surface area contributed by atoms with E-state index in [1.54, 1.807) is 14.2 Å². The zero-order chi connectivity index (χ0) is 19.0. The molecule has 1 fully saturated rings. The number of nitrogens with zero attached hydrogens (tertiary/aromatic N) is 2. The average Bonchev–Trinajstić information content (AvgIpc) is 3.03. The fourth-order valence-electron chi connectivity index (χ4n) is 2.75. The van der Waals surface area contributed by atoms with E-state index in [0.717, 1.165) is 11.5 Å². The van der Waals surface area contributed by atoms with Gasteiger partial charge in [-0.3, -0.25) is 9.89 Å². The number of halogens is 3. The molecule has 9 heteroatoms. The first-order valence-corrected chi connectivity index (χ1v) is 8.43. The molecule has 6 nitrogen and oxygen atoms in total. The van der Waals surface area contributed by atoms with Gasteiger partial charge in [-0.2, -0.15) is 13.2 Å². The molecular formula is C17H25F3N4O2. The van der Waals surface area contributed by atoms with Crippen LogP contribution in [0.15, 0.2) is 29.3 Å². The lowest BCUT2D eigenvalue weighted by Crippen LogP contribution is -2.46. The molecule has 0 radical (unpaired) electrons. The Morgan fingerprint density at radius 3 is 2.58 bits per heavy atom. The van der Waals surface area contributed by atoms with E-state index in [1.807, 2.05) is 24.3 Å². The van der Waals surface area contributed by atoms with Gasteiger partial charge in [0.15, 0.2) is 5.96 Å². The largest absolute Gasteiger partial charge is 0.497 e. The van der Waals surface area contributed by atoms with Crippen LogP contribution in [0.4, 0.5) is 13.2 Å². The molecule has 0 amide bonds. The topological polar surface area (TPSA) is 58.1 Å². The maximum atomic E-state index is 12.4. The zero-order valence-corrected chi connectivity index (χ0v) is 15.0. The summed E-state index contributed by atoms with van der Waals surface area (Å²) >= 11 is 0. The van der Waals surface area contributed by atoms with Crippen molar-refractivity contribution in [1.82, 2.24) is 15.5 Å². The lowest BCUT2D eigenvalue weighted by molar-refractivity contribution is -0.143. The van der Waals surface area contributed by atoms with E-state index in [2.05, 4.69) is 15.6 Å². The summed E-state index contributed by atoms with van der Waals surface area (Å²) in [4.78, 5) is 5.50. The van der Waals surface area contributed by atoms with Crippen LogP contribution in [-0.4, -0.2) is 70.0 Å². The molecule has 1 aliphatic heterocycles. The lowest BCUT2D eigenvalue weighted by Gasteiger charge is -2.19. The van der Waals surface area contributed by atoms with Gasteiger partial charge in [0, 0.05) is 26.2 Å². The maximum Gasteiger partial charge on any atom is 0.401 e. The molecule has 146 valence electrons. The SMILES string of the molecule is CN=C(NCCOc1ccc(OC)cc1)NC1CCN(CC(F)(F)F)C1. The lowest BCUT2D eigenvalue weighted by atomic mass is 10.3. The maximum absolute atomic E-state index is 12.4. The second-order valence-electron chi connectivity index (χ2n) is 6.00. The third-order valence-corrected chi connectivity index (χ3v) is 3.96. The minimum absolute atomic E-state index is 0.0499. The summed E-state index contributed by atoms with van der Waals surface area (Å²) < 4.78 is 48.0. The van der Waals surface area contributed by atoms with Crippen LogP contribution >= 0.6 is 0 Å². The van der Waals surface area contributed by atoms with E-state index in [-0.39, 0.29) is 6.04 Å². The Morgan fingerprint density at radius 2 is 1.96 bits per heavy atom. The number of rotatable bonds is 7. The molecule has 26 heavy (non-hydrogen) atoms. The van der Waals surface area contributed by atoms with Gasteiger partial charge >= 0.3 is 6.18 Å². The van der Waals surface area contributed by atoms with E-state index in [1.165, 1.54) is 4.90 Å². The quantitative estimate of drug-likeness (QED) is 0.434. The van der Waals surface area contributed by atoms with Crippen LogP contribution in [0, 0.1) is 0 Å². The fourth-order valence-corrected chi connectivity index (χ4v) is 2.75. The number of hydrogen-bond donors (Lipinski definition) is 2. The number of nitrogens with one attached hydrogen (secondary N) is 2. The number of ether oxygens (including phenoxy) is 2. The van der Waals surface area contributed by atoms with Crippen molar-refractivity contribution in [1.29, 1.82) is 0 Å². The first kappa shape index (κ1) is 20.2. The average molecular weight is 374 g/mol. The number of aliphatic imine (C=N–C) groups is 1. The fraction of sp³-hybridized carbons (Fsp3) is 0.588. The van der Waals surface area contributed by atoms with E-state index >= 15 is 0 Å². The molecule has 1 atom stereocenters. The Labute approximate surface area is 151 Å². The molecule has 0 aromatic heterocycles. The van der Waals surface area contributed by atoms with Crippen LogP contribution in [0.25, 0.3) is 0 Å². The van der Waals surface area contributed by atoms with Crippen molar-refractivity contribution in [2.24, 2.45) is 4.99 Å². The molecule has 0 spiro atoms. The summed E-state index contributed by atoms with van der Waals surface area (Å²) in [5, 5.41) is 6.25. The third-order valence-electron chi connectivity index (χ3n) is 3.96. The minimum Gasteiger partial charge on any atom is -0.497 e. The molecule has 0 bridgehead atoms. The molecule has 1 aromatic carbocycles. The second kappa shape index (κ2) is 9.51. The van der Waals surface area contributed by atoms with Crippen molar-refractivity contribution in [3.63, 3.8) is 0 Å². The summed E-state index contributed by atoms with van der Waals surface area (Å²) in [5.41, 5.74) is 0. The normalized spacial score (nSPS) is 18.7. The number of hydrogen-bond acceptors (Lipinski definition) is 4. The summed E-state index contributed by atoms with van der Waals surface area (Å²) in [6.45, 7) is 0.854. The molecule has 0 saturated carbocycles. The highest BCUT2D eigenvalue weighted by molar-refractivity contribution is 5.80. The highest BCUT2D eigenvalue weighted by Gasteiger charge is 2.34. The van der Waals surface area contributed by atoms with Gasteiger partial charge in [0.25, 0.3) is 0 Å². The van der Waals surface area contributed by atoms with Gasteiger partial charge in [0.2, 0.25) is 0 Å². The van der Waals surface area contributed by atoms with Crippen LogP contribution < -0.4 is 20.1 Å². The minimum atomic E-state index is -4.16. The van der Waals surface area contributed by atoms with Gasteiger partial charge in [0.1, 0.15) is 18.1 Å². The molecule has 2 N–H and O–H groups in total. The summed E-state index contributed by atoms with van der Waals surface area (Å²) in [7, 11) is 3.23. The highest BCUT2D eigenvalue weighted by atomic mass is 19.4. The Morgan fingerprint density at radius 1 is 1.27 bits per heavy atom. The summed E-state index contributed by atoms with van der Waals surface area (Å²) in [5.74, 6) is 2.05. The standard InChI is InChI=1S/C17H25F3N4O2/c1-21-16(23-13-7-9-24(11-13)12-17(18,19)20)22-8-10-26-15-5-3-14(25-2)4-6-15/h3-6,13H,7-12H2,1-2H3,(H2,21,22,23). The smallest absolute Gasteiger partial charge is 0.401 e. The Hall–Kier alpha value is -2.16. The van der Waals surface area contributed by atoms with Crippen molar-refractivity contribution in [2.75, 3.05) is 46.9 Å². The van der Waals surface area contributed by atoms with Crippen LogP contribution in [0.1, 0.15) is 6.42 Å². The predicted octanol–water partition coefficient (Wildman–Crippen LogP) is 1.88. The van der Waals surface area contributed by atoms with Crippen LogP contribution in [0.2, 0.25) is 0 Å². The summed E-state index contributed by atoms with van der Waals surface area (Å²) in [6.07, 6.45) is -3.51. The first-order valence-electron chi connectivity index (χ1n) is 8.43. The van der Waals surface area contributed by atoms with Gasteiger partial charge in [0.05, 0.1) is 20.2 Å². The van der Waals surface area contributed by atoms with Gasteiger partial charge in [-0.1, -0.05) is 0 Å². The van der Waals surface area contributed by atoms with Crippen molar-refractivity contribution < 1.29 is 22.6 Å². The number of guanidine groups is 1. The van der Waals surface area contributed by atoms with E-state index in [0.29, 0.717) is 38.6 Å². The van der Waals surface area contributed by atoms with Crippen molar-refractivity contribution in [2.45, 2.75) is 18.6 Å². The molecular weight excluding hydrogens is 349 g/mol. The Kier molecular flexibility index (Phi) is 7.38. The molecule has 1 unspecified atom stereocenters.